The molecule has 3 heteroatoms. The van der Waals surface area contributed by atoms with Gasteiger partial charge >= 0.3 is 0 Å². The predicted molar refractivity (Wildman–Crippen MR) is 75.5 cm³/mol. The van der Waals surface area contributed by atoms with Crippen molar-refractivity contribution in [3.63, 3.8) is 0 Å². The molecule has 1 aromatic rings. The van der Waals surface area contributed by atoms with Crippen LogP contribution in [0.15, 0.2) is 24.5 Å². The summed E-state index contributed by atoms with van der Waals surface area (Å²) in [6.07, 6.45) is 8.68. The normalized spacial score (nSPS) is 18.1. The predicted octanol–water partition coefficient (Wildman–Crippen LogP) is 3.92. The number of hydrogen-bond acceptors (Lipinski definition) is 2. The summed E-state index contributed by atoms with van der Waals surface area (Å²) in [4.78, 5) is 6.54. The van der Waals surface area contributed by atoms with Crippen LogP contribution in [0.4, 0.5) is 0 Å². The first-order chi connectivity index (χ1) is 7.79. The molecule has 0 amide bonds. The van der Waals surface area contributed by atoms with E-state index >= 15 is 0 Å². The number of rotatable bonds is 2. The Balaban J connectivity index is 0. The van der Waals surface area contributed by atoms with Crippen molar-refractivity contribution in [2.75, 3.05) is 13.6 Å². The second-order valence-electron chi connectivity index (χ2n) is 4.28. The van der Waals surface area contributed by atoms with Crippen LogP contribution < -0.4 is 0 Å². The molecule has 0 spiro atoms. The monoisotopic (exact) mass is 323 g/mol. The van der Waals surface area contributed by atoms with Gasteiger partial charge < -0.3 is 14.4 Å². The molecule has 2 rings (SSSR count). The molecule has 0 aromatic carbocycles. The molecule has 101 valence electrons. The standard InChI is InChI=1S/C10H14N2.C4H9.CH3.Y/c1-12-7-3-5-10(12)9-4-2-6-11-8-9;1-3-4-2;;/h2,4,6,8,10H,3,5,7H2,1H3;1,3-4H2,2H3;1H3;/q;2*-1;. The van der Waals surface area contributed by atoms with Crippen molar-refractivity contribution in [3.05, 3.63) is 44.4 Å². The van der Waals surface area contributed by atoms with Crippen molar-refractivity contribution in [2.24, 2.45) is 0 Å². The smallest absolute Gasteiger partial charge is 0.0360 e. The second kappa shape index (κ2) is 12.3. The summed E-state index contributed by atoms with van der Waals surface area (Å²) in [6.45, 7) is 6.94. The number of pyridine rings is 1. The molecule has 1 unspecified atom stereocenters. The molecule has 1 aliphatic rings. The quantitative estimate of drug-likeness (QED) is 0.767. The molecule has 2 heterocycles. The minimum Gasteiger partial charge on any atom is -0.358 e. The Morgan fingerprint density at radius 2 is 2.17 bits per heavy atom. The third kappa shape index (κ3) is 6.96. The fourth-order valence-electron chi connectivity index (χ4n) is 1.90. The van der Waals surface area contributed by atoms with E-state index in [-0.39, 0.29) is 40.1 Å². The van der Waals surface area contributed by atoms with Gasteiger partial charge in [-0.1, -0.05) is 19.4 Å². The van der Waals surface area contributed by atoms with E-state index in [9.17, 15) is 0 Å². The van der Waals surface area contributed by atoms with Crippen molar-refractivity contribution in [2.45, 2.75) is 38.6 Å². The molecular weight excluding hydrogens is 297 g/mol. The summed E-state index contributed by atoms with van der Waals surface area (Å²) in [5.41, 5.74) is 1.36. The zero-order chi connectivity index (χ0) is 11.8. The van der Waals surface area contributed by atoms with Crippen molar-refractivity contribution in [1.82, 2.24) is 9.88 Å². The van der Waals surface area contributed by atoms with Gasteiger partial charge in [-0.2, -0.15) is 6.42 Å². The van der Waals surface area contributed by atoms with Crippen LogP contribution in [-0.4, -0.2) is 23.5 Å². The zero-order valence-corrected chi connectivity index (χ0v) is 14.9. The molecule has 0 saturated carbocycles. The van der Waals surface area contributed by atoms with E-state index in [1.54, 1.807) is 0 Å². The first-order valence-electron chi connectivity index (χ1n) is 6.19. The average Bonchev–Trinajstić information content (AvgIpc) is 2.77. The first kappa shape index (κ1) is 20.5. The molecule has 2 nitrogen and oxygen atoms in total. The van der Waals surface area contributed by atoms with Gasteiger partial charge in [0.05, 0.1) is 0 Å². The Morgan fingerprint density at radius 3 is 2.56 bits per heavy atom. The largest absolute Gasteiger partial charge is 0.358 e. The Hall–Kier alpha value is 0.214. The zero-order valence-electron chi connectivity index (χ0n) is 12.1. The Labute approximate surface area is 138 Å². The van der Waals surface area contributed by atoms with E-state index < -0.39 is 0 Å². The maximum absolute atomic E-state index is 4.14. The van der Waals surface area contributed by atoms with Crippen molar-refractivity contribution in [3.8, 4) is 0 Å². The van der Waals surface area contributed by atoms with Crippen LogP contribution in [0.1, 0.15) is 44.2 Å². The van der Waals surface area contributed by atoms with Gasteiger partial charge in [0.1, 0.15) is 0 Å². The summed E-state index contributed by atoms with van der Waals surface area (Å²) in [5, 5.41) is 0. The minimum absolute atomic E-state index is 0. The van der Waals surface area contributed by atoms with Crippen LogP contribution in [0.3, 0.4) is 0 Å². The third-order valence-corrected chi connectivity index (χ3v) is 2.94. The van der Waals surface area contributed by atoms with Crippen LogP contribution in [0.5, 0.6) is 0 Å². The molecular formula is C15H26N2Y-2. The Bertz CT molecular complexity index is 275. The number of unbranched alkanes of at least 4 members (excludes halogenated alkanes) is 1. The Kier molecular flexibility index (Phi) is 14.0. The molecule has 1 saturated heterocycles. The van der Waals surface area contributed by atoms with Crippen molar-refractivity contribution in [1.29, 1.82) is 0 Å². The number of hydrogen-bond donors (Lipinski definition) is 0. The molecule has 0 N–H and O–H groups in total. The molecule has 0 bridgehead atoms. The molecule has 1 aliphatic heterocycles. The topological polar surface area (TPSA) is 16.1 Å². The number of aromatic nitrogens is 1. The van der Waals surface area contributed by atoms with E-state index in [0.29, 0.717) is 6.04 Å². The first-order valence-corrected chi connectivity index (χ1v) is 6.19. The molecule has 1 atom stereocenters. The van der Waals surface area contributed by atoms with Gasteiger partial charge in [-0.25, -0.2) is 0 Å². The van der Waals surface area contributed by atoms with Gasteiger partial charge in [0, 0.05) is 51.1 Å². The van der Waals surface area contributed by atoms with Gasteiger partial charge in [0.2, 0.25) is 0 Å². The Morgan fingerprint density at radius 1 is 1.50 bits per heavy atom. The van der Waals surface area contributed by atoms with Crippen LogP contribution in [0.2, 0.25) is 0 Å². The maximum atomic E-state index is 4.14. The van der Waals surface area contributed by atoms with E-state index in [4.69, 9.17) is 0 Å². The second-order valence-corrected chi connectivity index (χ2v) is 4.28. The van der Waals surface area contributed by atoms with Crippen LogP contribution in [0.25, 0.3) is 0 Å². The van der Waals surface area contributed by atoms with Gasteiger partial charge in [-0.15, -0.1) is 0 Å². The van der Waals surface area contributed by atoms with E-state index in [1.165, 1.54) is 31.4 Å². The van der Waals surface area contributed by atoms with Crippen LogP contribution in [-0.2, 0) is 32.7 Å². The fraction of sp³-hybridized carbons (Fsp3) is 0.533. The molecule has 1 aromatic heterocycles. The maximum Gasteiger partial charge on any atom is 0.0360 e. The molecule has 0 aliphatic carbocycles. The molecule has 1 fully saturated rings. The molecule has 1 radical (unpaired) electrons. The fourth-order valence-corrected chi connectivity index (χ4v) is 1.90. The third-order valence-electron chi connectivity index (χ3n) is 2.94. The van der Waals surface area contributed by atoms with E-state index in [2.05, 4.69) is 36.8 Å². The molecule has 18 heavy (non-hydrogen) atoms. The van der Waals surface area contributed by atoms with E-state index in [0.717, 1.165) is 6.42 Å². The number of nitrogens with zero attached hydrogens (tertiary/aromatic N) is 2. The van der Waals surface area contributed by atoms with Gasteiger partial charge in [-0.05, 0) is 38.1 Å². The summed E-state index contributed by atoms with van der Waals surface area (Å²) in [5.74, 6) is 0. The minimum atomic E-state index is 0. The summed E-state index contributed by atoms with van der Waals surface area (Å²) in [7, 11) is 2.19. The summed E-state index contributed by atoms with van der Waals surface area (Å²) in [6, 6.07) is 4.79. The van der Waals surface area contributed by atoms with Crippen molar-refractivity contribution < 1.29 is 32.7 Å². The van der Waals surface area contributed by atoms with E-state index in [1.807, 2.05) is 18.5 Å². The van der Waals surface area contributed by atoms with Crippen LogP contribution in [0, 0.1) is 14.4 Å². The summed E-state index contributed by atoms with van der Waals surface area (Å²) < 4.78 is 0. The number of likely N-dealkylation sites (tertiary alicyclic amines) is 1. The van der Waals surface area contributed by atoms with Gasteiger partial charge in [0.25, 0.3) is 0 Å². The SMILES string of the molecule is CN1CCCC1c1cccnc1.[CH2-]CCC.[CH3-].[Y]. The van der Waals surface area contributed by atoms with Gasteiger partial charge in [-0.3, -0.25) is 9.88 Å². The average molecular weight is 323 g/mol. The van der Waals surface area contributed by atoms with Gasteiger partial charge in [0.15, 0.2) is 0 Å². The van der Waals surface area contributed by atoms with Crippen molar-refractivity contribution >= 4 is 0 Å². The summed E-state index contributed by atoms with van der Waals surface area (Å²) >= 11 is 0. The van der Waals surface area contributed by atoms with Crippen LogP contribution >= 0.6 is 0 Å².